The molecule has 0 radical (unpaired) electrons. The number of likely N-dealkylation sites (tertiary alicyclic amines) is 1. The molecule has 0 spiro atoms. The normalized spacial score (nSPS) is 19.5. The van der Waals surface area contributed by atoms with Crippen LogP contribution in [0.25, 0.3) is 0 Å². The maximum Gasteiger partial charge on any atom is 0.267 e. The van der Waals surface area contributed by atoms with Crippen LogP contribution in [0.4, 0.5) is 0 Å². The molecule has 0 unspecified atom stereocenters. The van der Waals surface area contributed by atoms with Crippen LogP contribution in [0.15, 0.2) is 10.9 Å². The SMILES string of the molecule is COC1CN(CCc2nn([C@@H](CC(C)C)C(N)=O)c(=O)cc2C2CC2)C1. The first-order valence-electron chi connectivity index (χ1n) is 9.56. The van der Waals surface area contributed by atoms with Crippen LogP contribution in [0.1, 0.15) is 56.3 Å². The molecule has 144 valence electrons. The van der Waals surface area contributed by atoms with Gasteiger partial charge in [0, 0.05) is 39.2 Å². The summed E-state index contributed by atoms with van der Waals surface area (Å²) in [6.45, 7) is 6.78. The zero-order valence-corrected chi connectivity index (χ0v) is 16.0. The summed E-state index contributed by atoms with van der Waals surface area (Å²) >= 11 is 0. The lowest BCUT2D eigenvalue weighted by Crippen LogP contribution is -2.52. The van der Waals surface area contributed by atoms with E-state index in [1.165, 1.54) is 4.68 Å². The van der Waals surface area contributed by atoms with Crippen molar-refractivity contribution >= 4 is 5.91 Å². The van der Waals surface area contributed by atoms with Crippen molar-refractivity contribution in [2.45, 2.75) is 57.6 Å². The quantitative estimate of drug-likeness (QED) is 0.709. The second-order valence-corrected chi connectivity index (χ2v) is 8.02. The lowest BCUT2D eigenvalue weighted by atomic mass is 10.0. The van der Waals surface area contributed by atoms with Gasteiger partial charge in [-0.3, -0.25) is 14.5 Å². The first-order chi connectivity index (χ1) is 12.4. The number of rotatable bonds is 9. The first-order valence-corrected chi connectivity index (χ1v) is 9.56. The van der Waals surface area contributed by atoms with E-state index in [0.717, 1.165) is 50.2 Å². The Morgan fingerprint density at radius 3 is 2.62 bits per heavy atom. The second-order valence-electron chi connectivity index (χ2n) is 8.02. The Bertz CT molecular complexity index is 705. The standard InChI is InChI=1S/C19H30N4O3/c1-12(2)8-17(19(20)25)23-18(24)9-15(13-4-5-13)16(21-23)6-7-22-10-14(11-22)26-3/h9,12-14,17H,4-8,10-11H2,1-3H3,(H2,20,25)/t17-/m0/s1. The van der Waals surface area contributed by atoms with Crippen LogP contribution in [0.5, 0.6) is 0 Å². The molecular weight excluding hydrogens is 332 g/mol. The van der Waals surface area contributed by atoms with E-state index < -0.39 is 11.9 Å². The van der Waals surface area contributed by atoms with Crippen LogP contribution in [0.3, 0.4) is 0 Å². The summed E-state index contributed by atoms with van der Waals surface area (Å²) < 4.78 is 6.63. The van der Waals surface area contributed by atoms with E-state index in [4.69, 9.17) is 10.5 Å². The number of carbonyl (C=O) groups is 1. The third-order valence-electron chi connectivity index (χ3n) is 5.32. The molecule has 2 heterocycles. The molecule has 3 rings (SSSR count). The molecule has 1 aliphatic carbocycles. The topological polar surface area (TPSA) is 90.4 Å². The number of ether oxygens (including phenoxy) is 1. The van der Waals surface area contributed by atoms with Gasteiger partial charge in [0.2, 0.25) is 5.91 Å². The number of methoxy groups -OCH3 is 1. The fourth-order valence-electron chi connectivity index (χ4n) is 3.59. The van der Waals surface area contributed by atoms with Crippen molar-refractivity contribution in [1.82, 2.24) is 14.7 Å². The summed E-state index contributed by atoms with van der Waals surface area (Å²) in [5.74, 6) is 0.198. The average molecular weight is 362 g/mol. The Morgan fingerprint density at radius 1 is 1.38 bits per heavy atom. The van der Waals surface area contributed by atoms with E-state index in [1.54, 1.807) is 13.2 Å². The molecule has 0 aromatic carbocycles. The first kappa shape index (κ1) is 19.0. The molecule has 26 heavy (non-hydrogen) atoms. The van der Waals surface area contributed by atoms with Gasteiger partial charge in [0.15, 0.2) is 0 Å². The number of aromatic nitrogens is 2. The second kappa shape index (κ2) is 7.88. The van der Waals surface area contributed by atoms with E-state index >= 15 is 0 Å². The highest BCUT2D eigenvalue weighted by atomic mass is 16.5. The molecule has 1 aromatic heterocycles. The minimum Gasteiger partial charge on any atom is -0.379 e. The minimum atomic E-state index is -0.684. The monoisotopic (exact) mass is 362 g/mol. The molecule has 2 N–H and O–H groups in total. The molecule has 0 bridgehead atoms. The van der Waals surface area contributed by atoms with Gasteiger partial charge in [-0.25, -0.2) is 4.68 Å². The summed E-state index contributed by atoms with van der Waals surface area (Å²) in [7, 11) is 1.74. The van der Waals surface area contributed by atoms with E-state index in [1.807, 2.05) is 13.8 Å². The molecule has 1 aromatic rings. The van der Waals surface area contributed by atoms with Crippen LogP contribution in [0, 0.1) is 5.92 Å². The Labute approximate surface area is 154 Å². The molecule has 1 amide bonds. The van der Waals surface area contributed by atoms with Crippen LogP contribution in [-0.2, 0) is 16.0 Å². The molecule has 7 heteroatoms. The number of hydrogen-bond acceptors (Lipinski definition) is 5. The fraction of sp³-hybridized carbons (Fsp3) is 0.737. The van der Waals surface area contributed by atoms with Crippen molar-refractivity contribution in [1.29, 1.82) is 0 Å². The van der Waals surface area contributed by atoms with Gasteiger partial charge in [0.25, 0.3) is 5.56 Å². The van der Waals surface area contributed by atoms with E-state index in [-0.39, 0.29) is 11.5 Å². The molecular formula is C19H30N4O3. The lowest BCUT2D eigenvalue weighted by molar-refractivity contribution is -0.122. The van der Waals surface area contributed by atoms with Crippen molar-refractivity contribution in [2.24, 2.45) is 11.7 Å². The molecule has 2 aliphatic rings. The predicted molar refractivity (Wildman–Crippen MR) is 99.1 cm³/mol. The lowest BCUT2D eigenvalue weighted by Gasteiger charge is -2.38. The number of primary amides is 1. The van der Waals surface area contributed by atoms with Crippen molar-refractivity contribution in [3.05, 3.63) is 27.7 Å². The van der Waals surface area contributed by atoms with Crippen LogP contribution >= 0.6 is 0 Å². The van der Waals surface area contributed by atoms with Gasteiger partial charge in [0.1, 0.15) is 6.04 Å². The third-order valence-corrected chi connectivity index (χ3v) is 5.32. The molecule has 1 saturated heterocycles. The Balaban J connectivity index is 1.82. The highest BCUT2D eigenvalue weighted by Crippen LogP contribution is 2.41. The van der Waals surface area contributed by atoms with Crippen LogP contribution < -0.4 is 11.3 Å². The maximum absolute atomic E-state index is 12.6. The van der Waals surface area contributed by atoms with Crippen LogP contribution in [-0.4, -0.2) is 53.4 Å². The summed E-state index contributed by atoms with van der Waals surface area (Å²) in [4.78, 5) is 26.8. The number of nitrogens with zero attached hydrogens (tertiary/aromatic N) is 3. The number of carbonyl (C=O) groups excluding carboxylic acids is 1. The van der Waals surface area contributed by atoms with Gasteiger partial charge in [-0.15, -0.1) is 0 Å². The van der Waals surface area contributed by atoms with Gasteiger partial charge in [-0.05, 0) is 36.7 Å². The molecule has 1 aliphatic heterocycles. The summed E-state index contributed by atoms with van der Waals surface area (Å²) in [5, 5.41) is 4.62. The van der Waals surface area contributed by atoms with Crippen molar-refractivity contribution < 1.29 is 9.53 Å². The molecule has 2 fully saturated rings. The van der Waals surface area contributed by atoms with Gasteiger partial charge in [-0.2, -0.15) is 5.10 Å². The molecule has 1 saturated carbocycles. The largest absolute Gasteiger partial charge is 0.379 e. The van der Waals surface area contributed by atoms with Gasteiger partial charge < -0.3 is 10.5 Å². The Kier molecular flexibility index (Phi) is 5.77. The zero-order valence-electron chi connectivity index (χ0n) is 16.0. The highest BCUT2D eigenvalue weighted by Gasteiger charge is 2.31. The Hall–Kier alpha value is -1.73. The third kappa shape index (κ3) is 4.32. The average Bonchev–Trinajstić information content (AvgIpc) is 3.36. The zero-order chi connectivity index (χ0) is 18.8. The van der Waals surface area contributed by atoms with E-state index in [0.29, 0.717) is 18.4 Å². The maximum atomic E-state index is 12.6. The molecule has 1 atom stereocenters. The number of nitrogens with two attached hydrogens (primary N) is 1. The number of hydrogen-bond donors (Lipinski definition) is 1. The van der Waals surface area contributed by atoms with Crippen molar-refractivity contribution in [3.8, 4) is 0 Å². The number of amides is 1. The van der Waals surface area contributed by atoms with E-state index in [9.17, 15) is 9.59 Å². The van der Waals surface area contributed by atoms with Gasteiger partial charge in [-0.1, -0.05) is 13.8 Å². The smallest absolute Gasteiger partial charge is 0.267 e. The van der Waals surface area contributed by atoms with Crippen molar-refractivity contribution in [3.63, 3.8) is 0 Å². The molecule has 7 nitrogen and oxygen atoms in total. The minimum absolute atomic E-state index is 0.219. The predicted octanol–water partition coefficient (Wildman–Crippen LogP) is 1.07. The van der Waals surface area contributed by atoms with Gasteiger partial charge >= 0.3 is 0 Å². The van der Waals surface area contributed by atoms with E-state index in [2.05, 4.69) is 10.00 Å². The summed E-state index contributed by atoms with van der Waals surface area (Å²) in [5.41, 5.74) is 7.34. The summed E-state index contributed by atoms with van der Waals surface area (Å²) in [6, 6.07) is 1.00. The highest BCUT2D eigenvalue weighted by molar-refractivity contribution is 5.78. The fourth-order valence-corrected chi connectivity index (χ4v) is 3.59. The Morgan fingerprint density at radius 2 is 2.08 bits per heavy atom. The van der Waals surface area contributed by atoms with Crippen LogP contribution in [0.2, 0.25) is 0 Å². The summed E-state index contributed by atoms with van der Waals surface area (Å²) in [6.07, 6.45) is 3.84. The van der Waals surface area contributed by atoms with Crippen molar-refractivity contribution in [2.75, 3.05) is 26.7 Å². The van der Waals surface area contributed by atoms with Gasteiger partial charge in [0.05, 0.1) is 11.8 Å².